The molecule has 1 aliphatic carbocycles. The van der Waals surface area contributed by atoms with E-state index in [1.807, 2.05) is 11.3 Å². The summed E-state index contributed by atoms with van der Waals surface area (Å²) in [7, 11) is 0. The highest BCUT2D eigenvalue weighted by Crippen LogP contribution is 2.28. The molecule has 20 heavy (non-hydrogen) atoms. The van der Waals surface area contributed by atoms with Crippen molar-refractivity contribution in [1.29, 1.82) is 0 Å². The molecule has 1 aromatic rings. The van der Waals surface area contributed by atoms with Crippen molar-refractivity contribution in [1.82, 2.24) is 15.5 Å². The minimum Gasteiger partial charge on any atom is -0.308 e. The number of nitrogens with one attached hydrogen (secondary N) is 1. The van der Waals surface area contributed by atoms with Crippen LogP contribution in [0.3, 0.4) is 0 Å². The van der Waals surface area contributed by atoms with Gasteiger partial charge in [0.1, 0.15) is 10.0 Å². The molecule has 2 rings (SSSR count). The predicted octanol–water partition coefficient (Wildman–Crippen LogP) is 4.50. The Labute approximate surface area is 127 Å². The highest BCUT2D eigenvalue weighted by Gasteiger charge is 2.17. The topological polar surface area (TPSA) is 37.8 Å². The lowest BCUT2D eigenvalue weighted by molar-refractivity contribution is 0.339. The van der Waals surface area contributed by atoms with Crippen LogP contribution in [-0.2, 0) is 6.42 Å². The average molecular weight is 295 g/mol. The zero-order valence-corrected chi connectivity index (χ0v) is 13.8. The fraction of sp³-hybridized carbons (Fsp3) is 0.875. The van der Waals surface area contributed by atoms with E-state index in [2.05, 4.69) is 29.4 Å². The third-order valence-electron chi connectivity index (χ3n) is 4.32. The van der Waals surface area contributed by atoms with E-state index in [0.29, 0.717) is 6.04 Å². The number of nitrogens with zero attached hydrogens (tertiary/aromatic N) is 2. The number of hydrogen-bond donors (Lipinski definition) is 1. The molecular formula is C16H29N3S. The van der Waals surface area contributed by atoms with Crippen LogP contribution in [0.4, 0.5) is 0 Å². The first-order valence-electron chi connectivity index (χ1n) is 8.39. The summed E-state index contributed by atoms with van der Waals surface area (Å²) < 4.78 is 0. The van der Waals surface area contributed by atoms with Gasteiger partial charge in [-0.25, -0.2) is 0 Å². The van der Waals surface area contributed by atoms with E-state index in [0.717, 1.165) is 25.3 Å². The highest BCUT2D eigenvalue weighted by molar-refractivity contribution is 7.11. The van der Waals surface area contributed by atoms with Gasteiger partial charge in [0.2, 0.25) is 0 Å². The van der Waals surface area contributed by atoms with Crippen LogP contribution < -0.4 is 5.32 Å². The van der Waals surface area contributed by atoms with Crippen LogP contribution in [0.1, 0.15) is 81.3 Å². The molecule has 1 atom stereocenters. The average Bonchev–Trinajstić information content (AvgIpc) is 2.96. The maximum absolute atomic E-state index is 4.41. The molecule has 0 aromatic carbocycles. The van der Waals surface area contributed by atoms with Gasteiger partial charge in [0.25, 0.3) is 0 Å². The number of aromatic nitrogens is 2. The Morgan fingerprint density at radius 2 is 2.00 bits per heavy atom. The molecule has 3 nitrogen and oxygen atoms in total. The second-order valence-electron chi connectivity index (χ2n) is 5.99. The second kappa shape index (κ2) is 8.73. The number of hydrogen-bond acceptors (Lipinski definition) is 4. The summed E-state index contributed by atoms with van der Waals surface area (Å²) in [6.07, 6.45) is 11.9. The number of aryl methyl sites for hydroxylation is 1. The molecule has 1 aliphatic rings. The zero-order valence-electron chi connectivity index (χ0n) is 13.0. The maximum Gasteiger partial charge on any atom is 0.134 e. The summed E-state index contributed by atoms with van der Waals surface area (Å²) in [6, 6.07) is 0.399. The summed E-state index contributed by atoms with van der Waals surface area (Å²) in [5, 5.41) is 14.8. The first-order chi connectivity index (χ1) is 9.83. The first-order valence-corrected chi connectivity index (χ1v) is 9.20. The van der Waals surface area contributed by atoms with Gasteiger partial charge in [0.05, 0.1) is 6.04 Å². The van der Waals surface area contributed by atoms with Crippen LogP contribution in [0.15, 0.2) is 0 Å². The third kappa shape index (κ3) is 4.81. The van der Waals surface area contributed by atoms with Gasteiger partial charge >= 0.3 is 0 Å². The van der Waals surface area contributed by atoms with Crippen LogP contribution in [0.5, 0.6) is 0 Å². The summed E-state index contributed by atoms with van der Waals surface area (Å²) in [5.41, 5.74) is 0. The van der Waals surface area contributed by atoms with Gasteiger partial charge < -0.3 is 5.32 Å². The van der Waals surface area contributed by atoms with Crippen molar-refractivity contribution in [2.45, 2.75) is 77.7 Å². The summed E-state index contributed by atoms with van der Waals surface area (Å²) in [5.74, 6) is 0.941. The molecule has 1 aromatic heterocycles. The Hall–Kier alpha value is -0.480. The third-order valence-corrected chi connectivity index (χ3v) is 5.42. The fourth-order valence-electron chi connectivity index (χ4n) is 3.04. The second-order valence-corrected chi connectivity index (χ2v) is 7.09. The largest absolute Gasteiger partial charge is 0.308 e. The van der Waals surface area contributed by atoms with E-state index < -0.39 is 0 Å². The molecule has 114 valence electrons. The Morgan fingerprint density at radius 3 is 2.70 bits per heavy atom. The minimum atomic E-state index is 0.399. The van der Waals surface area contributed by atoms with E-state index in [9.17, 15) is 0 Å². The van der Waals surface area contributed by atoms with Crippen molar-refractivity contribution >= 4 is 11.3 Å². The summed E-state index contributed by atoms with van der Waals surface area (Å²) in [6.45, 7) is 5.49. The van der Waals surface area contributed by atoms with Crippen LogP contribution in [0, 0.1) is 5.92 Å². The summed E-state index contributed by atoms with van der Waals surface area (Å²) >= 11 is 1.82. The van der Waals surface area contributed by atoms with E-state index in [1.165, 1.54) is 55.0 Å². The van der Waals surface area contributed by atoms with E-state index in [1.54, 1.807) is 0 Å². The Bertz CT molecular complexity index is 372. The normalized spacial score (nSPS) is 18.3. The Balaban J connectivity index is 1.81. The van der Waals surface area contributed by atoms with Crippen molar-refractivity contribution in [2.24, 2.45) is 5.92 Å². The SMILES string of the molecule is CCCNC(CC)c1nnc(CCC2CCCCC2)s1. The van der Waals surface area contributed by atoms with Gasteiger partial charge in [-0.05, 0) is 31.7 Å². The lowest BCUT2D eigenvalue weighted by Crippen LogP contribution is -2.21. The lowest BCUT2D eigenvalue weighted by atomic mass is 9.86. The first kappa shape index (κ1) is 15.9. The molecule has 0 radical (unpaired) electrons. The molecular weight excluding hydrogens is 266 g/mol. The van der Waals surface area contributed by atoms with Gasteiger partial charge in [-0.2, -0.15) is 0 Å². The van der Waals surface area contributed by atoms with Crippen LogP contribution in [0.25, 0.3) is 0 Å². The molecule has 4 heteroatoms. The molecule has 1 fully saturated rings. The van der Waals surface area contributed by atoms with Gasteiger partial charge in [-0.3, -0.25) is 0 Å². The van der Waals surface area contributed by atoms with Crippen molar-refractivity contribution in [3.05, 3.63) is 10.0 Å². The van der Waals surface area contributed by atoms with Crippen molar-refractivity contribution in [3.63, 3.8) is 0 Å². The highest BCUT2D eigenvalue weighted by atomic mass is 32.1. The monoisotopic (exact) mass is 295 g/mol. The van der Waals surface area contributed by atoms with Gasteiger partial charge in [0, 0.05) is 6.42 Å². The van der Waals surface area contributed by atoms with E-state index in [4.69, 9.17) is 0 Å². The smallest absolute Gasteiger partial charge is 0.134 e. The van der Waals surface area contributed by atoms with Crippen LogP contribution >= 0.6 is 11.3 Å². The van der Waals surface area contributed by atoms with Crippen molar-refractivity contribution in [2.75, 3.05) is 6.54 Å². The van der Waals surface area contributed by atoms with Gasteiger partial charge in [-0.15, -0.1) is 10.2 Å². The van der Waals surface area contributed by atoms with E-state index >= 15 is 0 Å². The predicted molar refractivity (Wildman–Crippen MR) is 86.1 cm³/mol. The molecule has 0 aliphatic heterocycles. The van der Waals surface area contributed by atoms with Gasteiger partial charge in [-0.1, -0.05) is 57.3 Å². The Kier molecular flexibility index (Phi) is 6.94. The minimum absolute atomic E-state index is 0.399. The quantitative estimate of drug-likeness (QED) is 0.767. The lowest BCUT2D eigenvalue weighted by Gasteiger charge is -2.20. The molecule has 0 spiro atoms. The zero-order chi connectivity index (χ0) is 14.2. The van der Waals surface area contributed by atoms with Crippen LogP contribution in [-0.4, -0.2) is 16.7 Å². The molecule has 1 N–H and O–H groups in total. The van der Waals surface area contributed by atoms with E-state index in [-0.39, 0.29) is 0 Å². The molecule has 0 saturated heterocycles. The Morgan fingerprint density at radius 1 is 1.20 bits per heavy atom. The van der Waals surface area contributed by atoms with Crippen LogP contribution in [0.2, 0.25) is 0 Å². The summed E-state index contributed by atoms with van der Waals surface area (Å²) in [4.78, 5) is 0. The molecule has 0 bridgehead atoms. The maximum atomic E-state index is 4.41. The number of rotatable bonds is 8. The van der Waals surface area contributed by atoms with Crippen molar-refractivity contribution < 1.29 is 0 Å². The molecule has 0 amide bonds. The molecule has 1 heterocycles. The fourth-order valence-corrected chi connectivity index (χ4v) is 4.05. The molecule has 1 saturated carbocycles. The standard InChI is InChI=1S/C16H29N3S/c1-3-12-17-14(4-2)16-19-18-15(20-16)11-10-13-8-6-5-7-9-13/h13-14,17H,3-12H2,1-2H3. The van der Waals surface area contributed by atoms with Crippen molar-refractivity contribution in [3.8, 4) is 0 Å². The molecule has 1 unspecified atom stereocenters. The van der Waals surface area contributed by atoms with Gasteiger partial charge in [0.15, 0.2) is 0 Å².